The summed E-state index contributed by atoms with van der Waals surface area (Å²) in [6.45, 7) is 10.6. The van der Waals surface area contributed by atoms with Crippen molar-refractivity contribution in [2.45, 2.75) is 45.7 Å². The van der Waals surface area contributed by atoms with Crippen LogP contribution in [0.25, 0.3) is 0 Å². The van der Waals surface area contributed by atoms with Crippen molar-refractivity contribution in [3.8, 4) is 0 Å². The molecule has 2 heteroatoms. The second-order valence-corrected chi connectivity index (χ2v) is 6.70. The third-order valence-corrected chi connectivity index (χ3v) is 4.77. The zero-order chi connectivity index (χ0) is 13.9. The van der Waals surface area contributed by atoms with Crippen LogP contribution in [0.15, 0.2) is 24.3 Å². The number of likely N-dealkylation sites (tertiary alicyclic amines) is 1. The zero-order valence-corrected chi connectivity index (χ0v) is 12.9. The summed E-state index contributed by atoms with van der Waals surface area (Å²) in [6.07, 6.45) is 3.92. The van der Waals surface area contributed by atoms with Crippen LogP contribution in [0.4, 0.5) is 0 Å². The van der Waals surface area contributed by atoms with Crippen LogP contribution in [0.2, 0.25) is 0 Å². The van der Waals surface area contributed by atoms with E-state index in [1.54, 1.807) is 11.1 Å². The van der Waals surface area contributed by atoms with Crippen molar-refractivity contribution in [2.75, 3.05) is 26.2 Å². The molecule has 1 fully saturated rings. The Bertz CT molecular complexity index is 433. The first-order valence-corrected chi connectivity index (χ1v) is 8.04. The third kappa shape index (κ3) is 3.24. The van der Waals surface area contributed by atoms with E-state index >= 15 is 0 Å². The average Bonchev–Trinajstić information content (AvgIpc) is 2.47. The van der Waals surface area contributed by atoms with Crippen LogP contribution < -0.4 is 0 Å². The van der Waals surface area contributed by atoms with Gasteiger partial charge in [0.25, 0.3) is 0 Å². The molecule has 2 aliphatic rings. The number of hydrogen-bond acceptors (Lipinski definition) is 2. The molecule has 109 valence electrons. The highest BCUT2D eigenvalue weighted by atomic mass is 15.2. The van der Waals surface area contributed by atoms with Gasteiger partial charge in [-0.3, -0.25) is 4.90 Å². The molecule has 2 heterocycles. The molecule has 0 aliphatic carbocycles. The topological polar surface area (TPSA) is 6.48 Å². The molecule has 0 unspecified atom stereocenters. The maximum Gasteiger partial charge on any atom is 0.0239 e. The molecule has 0 N–H and O–H groups in total. The van der Waals surface area contributed by atoms with Gasteiger partial charge in [0.1, 0.15) is 0 Å². The summed E-state index contributed by atoms with van der Waals surface area (Å²) in [5, 5.41) is 0. The zero-order valence-electron chi connectivity index (χ0n) is 12.9. The van der Waals surface area contributed by atoms with Gasteiger partial charge >= 0.3 is 0 Å². The Kier molecular flexibility index (Phi) is 4.42. The Hall–Kier alpha value is -0.860. The smallest absolute Gasteiger partial charge is 0.0239 e. The van der Waals surface area contributed by atoms with Gasteiger partial charge in [-0.25, -0.2) is 0 Å². The van der Waals surface area contributed by atoms with Gasteiger partial charge in [0.2, 0.25) is 0 Å². The normalized spacial score (nSPS) is 22.1. The molecule has 20 heavy (non-hydrogen) atoms. The molecule has 0 saturated carbocycles. The predicted octanol–water partition coefficient (Wildman–Crippen LogP) is 3.12. The quantitative estimate of drug-likeness (QED) is 0.833. The highest BCUT2D eigenvalue weighted by molar-refractivity contribution is 5.29. The lowest BCUT2D eigenvalue weighted by atomic mass is 9.95. The van der Waals surface area contributed by atoms with E-state index in [4.69, 9.17) is 0 Å². The highest BCUT2D eigenvalue weighted by Gasteiger charge is 2.27. The van der Waals surface area contributed by atoms with Crippen LogP contribution in [0.3, 0.4) is 0 Å². The summed E-state index contributed by atoms with van der Waals surface area (Å²) < 4.78 is 0. The monoisotopic (exact) mass is 271 g/mol. The minimum atomic E-state index is 0.803. The van der Waals surface area contributed by atoms with Gasteiger partial charge in [0.15, 0.2) is 0 Å². The van der Waals surface area contributed by atoms with E-state index in [-0.39, 0.29) is 0 Å². The van der Waals surface area contributed by atoms with Crippen LogP contribution in [-0.4, -0.2) is 42.0 Å². The molecule has 1 aromatic rings. The minimum absolute atomic E-state index is 0.803. The molecule has 0 atom stereocenters. The summed E-state index contributed by atoms with van der Waals surface area (Å²) in [5.74, 6) is 1.54. The van der Waals surface area contributed by atoms with Gasteiger partial charge < -0.3 is 4.90 Å². The largest absolute Gasteiger partial charge is 0.303 e. The molecular weight excluding hydrogens is 244 g/mol. The van der Waals surface area contributed by atoms with Crippen molar-refractivity contribution in [2.24, 2.45) is 0 Å². The summed E-state index contributed by atoms with van der Waals surface area (Å²) >= 11 is 0. The Balaban J connectivity index is 1.55. The number of hydrogen-bond donors (Lipinski definition) is 0. The van der Waals surface area contributed by atoms with Crippen molar-refractivity contribution in [1.82, 2.24) is 9.80 Å². The van der Waals surface area contributed by atoms with Gasteiger partial charge in [-0.15, -0.1) is 0 Å². The van der Waals surface area contributed by atoms with Crippen LogP contribution in [0, 0.1) is 5.92 Å². The number of fused-ring (bicyclic) bond motifs is 1. The number of benzene rings is 1. The number of rotatable bonds is 3. The lowest BCUT2D eigenvalue weighted by molar-refractivity contribution is 0.100. The van der Waals surface area contributed by atoms with Crippen LogP contribution in [-0.2, 0) is 13.0 Å². The molecule has 0 amide bonds. The van der Waals surface area contributed by atoms with E-state index in [0.717, 1.165) is 6.04 Å². The van der Waals surface area contributed by atoms with E-state index in [2.05, 4.69) is 47.9 Å². The van der Waals surface area contributed by atoms with E-state index in [1.807, 2.05) is 0 Å². The minimum Gasteiger partial charge on any atom is -0.303 e. The first kappa shape index (κ1) is 14.1. The molecule has 1 saturated heterocycles. The summed E-state index contributed by atoms with van der Waals surface area (Å²) in [7, 11) is 0. The van der Waals surface area contributed by atoms with Crippen molar-refractivity contribution in [3.05, 3.63) is 41.3 Å². The molecule has 3 rings (SSSR count). The second kappa shape index (κ2) is 6.28. The summed E-state index contributed by atoms with van der Waals surface area (Å²) in [4.78, 5) is 5.34. The maximum absolute atomic E-state index is 2.72. The van der Waals surface area contributed by atoms with E-state index in [9.17, 15) is 0 Å². The van der Waals surface area contributed by atoms with Gasteiger partial charge in [-0.05, 0) is 49.4 Å². The molecule has 0 bridgehead atoms. The molecule has 0 spiro atoms. The first-order chi connectivity index (χ1) is 9.72. The van der Waals surface area contributed by atoms with Gasteiger partial charge in [0.05, 0.1) is 0 Å². The molecular formula is C18H27N2. The third-order valence-electron chi connectivity index (χ3n) is 4.77. The van der Waals surface area contributed by atoms with Crippen molar-refractivity contribution in [3.63, 3.8) is 0 Å². The van der Waals surface area contributed by atoms with Crippen molar-refractivity contribution in [1.29, 1.82) is 0 Å². The lowest BCUT2D eigenvalue weighted by Gasteiger charge is -2.41. The fourth-order valence-electron chi connectivity index (χ4n) is 3.72. The van der Waals surface area contributed by atoms with Gasteiger partial charge in [-0.2, -0.15) is 0 Å². The highest BCUT2D eigenvalue weighted by Crippen LogP contribution is 2.25. The molecule has 1 aromatic carbocycles. The molecule has 2 nitrogen and oxygen atoms in total. The van der Waals surface area contributed by atoms with Crippen LogP contribution in [0.1, 0.15) is 37.8 Å². The summed E-state index contributed by atoms with van der Waals surface area (Å²) in [6, 6.07) is 9.78. The maximum atomic E-state index is 2.72. The average molecular weight is 271 g/mol. The fraction of sp³-hybridized carbons (Fsp3) is 0.611. The Morgan fingerprint density at radius 2 is 1.75 bits per heavy atom. The van der Waals surface area contributed by atoms with Crippen LogP contribution in [0.5, 0.6) is 0 Å². The Labute approximate surface area is 123 Å². The van der Waals surface area contributed by atoms with Crippen molar-refractivity contribution >= 4 is 0 Å². The molecule has 2 aliphatic heterocycles. The standard InChI is InChI=1S/C18H27N2/c1-15(2)13-19-10-8-18(9-11-19)20-12-7-16-5-3-4-6-17(16)14-20/h3-6,18H,7-14H2,1-2H3. The van der Waals surface area contributed by atoms with E-state index in [1.165, 1.54) is 57.9 Å². The summed E-state index contributed by atoms with van der Waals surface area (Å²) in [5.41, 5.74) is 3.12. The molecule has 0 aromatic heterocycles. The Morgan fingerprint density at radius 3 is 2.45 bits per heavy atom. The molecule has 1 radical (unpaired) electrons. The van der Waals surface area contributed by atoms with E-state index < -0.39 is 0 Å². The number of nitrogens with zero attached hydrogens (tertiary/aromatic N) is 2. The van der Waals surface area contributed by atoms with E-state index in [0.29, 0.717) is 0 Å². The van der Waals surface area contributed by atoms with Crippen LogP contribution >= 0.6 is 0 Å². The Morgan fingerprint density at radius 1 is 1.05 bits per heavy atom. The van der Waals surface area contributed by atoms with Gasteiger partial charge in [-0.1, -0.05) is 38.1 Å². The fourth-order valence-corrected chi connectivity index (χ4v) is 3.72. The van der Waals surface area contributed by atoms with Gasteiger partial charge in [0, 0.05) is 25.7 Å². The predicted molar refractivity (Wildman–Crippen MR) is 84.6 cm³/mol. The SMILES string of the molecule is C[C](C)CN1CCC(N2CCc3ccccc3C2)CC1. The lowest BCUT2D eigenvalue weighted by Crippen LogP contribution is -2.47. The first-order valence-electron chi connectivity index (χ1n) is 8.04. The van der Waals surface area contributed by atoms with Crippen molar-refractivity contribution < 1.29 is 0 Å². The second-order valence-electron chi connectivity index (χ2n) is 6.70. The number of piperidine rings is 1.